The summed E-state index contributed by atoms with van der Waals surface area (Å²) >= 11 is 0. The van der Waals surface area contributed by atoms with Gasteiger partial charge in [0.2, 0.25) is 0 Å². The van der Waals surface area contributed by atoms with Gasteiger partial charge in [-0.15, -0.1) is 0 Å². The zero-order chi connectivity index (χ0) is 14.5. The first-order valence-corrected chi connectivity index (χ1v) is 8.45. The second-order valence-electron chi connectivity index (χ2n) is 5.52. The van der Waals surface area contributed by atoms with Crippen LogP contribution in [0.5, 0.6) is 0 Å². The number of anilines is 2. The lowest BCUT2D eigenvalue weighted by Gasteiger charge is -2.13. The van der Waals surface area contributed by atoms with Gasteiger partial charge in [-0.25, -0.2) is 0 Å². The Morgan fingerprint density at radius 1 is 0.650 bits per heavy atom. The number of hydrogen-bond donors (Lipinski definition) is 2. The van der Waals surface area contributed by atoms with Gasteiger partial charge in [-0.3, -0.25) is 0 Å². The van der Waals surface area contributed by atoms with Crippen LogP contribution in [0.3, 0.4) is 0 Å². The molecule has 0 unspecified atom stereocenters. The van der Waals surface area contributed by atoms with Crippen molar-refractivity contribution in [2.24, 2.45) is 0 Å². The molecular weight excluding hydrogens is 244 g/mol. The summed E-state index contributed by atoms with van der Waals surface area (Å²) in [5.41, 5.74) is 2.50. The monoisotopic (exact) mass is 276 g/mol. The van der Waals surface area contributed by atoms with Crippen LogP contribution < -0.4 is 10.6 Å². The van der Waals surface area contributed by atoms with Crippen molar-refractivity contribution in [3.05, 3.63) is 24.3 Å². The first kappa shape index (κ1) is 16.9. The van der Waals surface area contributed by atoms with E-state index < -0.39 is 0 Å². The predicted octanol–water partition coefficient (Wildman–Crippen LogP) is 5.67. The molecule has 1 aromatic rings. The molecule has 20 heavy (non-hydrogen) atoms. The lowest BCUT2D eigenvalue weighted by atomic mass is 10.2. The standard InChI is InChI=1S/C18H32N2/c1-3-5-7-11-15-19-17-13-9-10-14-18(17)20-16-12-8-6-4-2/h9-10,13-14,19-20H,3-8,11-12,15-16H2,1-2H3. The van der Waals surface area contributed by atoms with Crippen molar-refractivity contribution in [2.75, 3.05) is 23.7 Å². The van der Waals surface area contributed by atoms with Gasteiger partial charge in [0.25, 0.3) is 0 Å². The van der Waals surface area contributed by atoms with Crippen LogP contribution >= 0.6 is 0 Å². The highest BCUT2D eigenvalue weighted by molar-refractivity contribution is 5.68. The third kappa shape index (κ3) is 7.42. The molecule has 2 N–H and O–H groups in total. The fourth-order valence-electron chi connectivity index (χ4n) is 2.34. The molecule has 0 saturated heterocycles. The second-order valence-corrected chi connectivity index (χ2v) is 5.52. The molecule has 1 rings (SSSR count). The highest BCUT2D eigenvalue weighted by atomic mass is 14.9. The van der Waals surface area contributed by atoms with Crippen LogP contribution in [0.15, 0.2) is 24.3 Å². The van der Waals surface area contributed by atoms with E-state index in [2.05, 4.69) is 48.7 Å². The van der Waals surface area contributed by atoms with Crippen LogP contribution in [-0.2, 0) is 0 Å². The van der Waals surface area contributed by atoms with E-state index in [0.29, 0.717) is 0 Å². The summed E-state index contributed by atoms with van der Waals surface area (Å²) in [7, 11) is 0. The minimum atomic E-state index is 1.08. The molecule has 0 bridgehead atoms. The Kier molecular flexibility index (Phi) is 9.81. The number of nitrogens with one attached hydrogen (secondary N) is 2. The first-order chi connectivity index (χ1) is 9.88. The summed E-state index contributed by atoms with van der Waals surface area (Å²) in [4.78, 5) is 0. The molecule has 2 heteroatoms. The summed E-state index contributed by atoms with van der Waals surface area (Å²) in [6, 6.07) is 8.57. The van der Waals surface area contributed by atoms with Crippen LogP contribution in [0.4, 0.5) is 11.4 Å². The average Bonchev–Trinajstić information content (AvgIpc) is 2.48. The van der Waals surface area contributed by atoms with Gasteiger partial charge >= 0.3 is 0 Å². The van der Waals surface area contributed by atoms with Crippen LogP contribution in [0, 0.1) is 0 Å². The molecule has 0 aliphatic carbocycles. The van der Waals surface area contributed by atoms with Gasteiger partial charge in [0.15, 0.2) is 0 Å². The minimum Gasteiger partial charge on any atom is -0.383 e. The molecule has 0 aliphatic heterocycles. The molecule has 0 aromatic heterocycles. The Bertz CT molecular complexity index is 303. The SMILES string of the molecule is CCCCCCNc1ccccc1NCCCCCC. The van der Waals surface area contributed by atoms with Gasteiger partial charge in [0.05, 0.1) is 11.4 Å². The Balaban J connectivity index is 2.27. The van der Waals surface area contributed by atoms with Gasteiger partial charge < -0.3 is 10.6 Å². The van der Waals surface area contributed by atoms with Gasteiger partial charge in [0, 0.05) is 13.1 Å². The van der Waals surface area contributed by atoms with Crippen LogP contribution in [0.25, 0.3) is 0 Å². The molecular formula is C18H32N2. The molecule has 0 atom stereocenters. The van der Waals surface area contributed by atoms with Gasteiger partial charge in [0.1, 0.15) is 0 Å². The smallest absolute Gasteiger partial charge is 0.0575 e. The van der Waals surface area contributed by atoms with Crippen molar-refractivity contribution in [3.8, 4) is 0 Å². The van der Waals surface area contributed by atoms with Crippen molar-refractivity contribution >= 4 is 11.4 Å². The van der Waals surface area contributed by atoms with Crippen LogP contribution in [-0.4, -0.2) is 13.1 Å². The van der Waals surface area contributed by atoms with Crippen LogP contribution in [0.1, 0.15) is 65.2 Å². The molecule has 0 amide bonds. The topological polar surface area (TPSA) is 24.1 Å². The average molecular weight is 276 g/mol. The maximum absolute atomic E-state index is 3.56. The number of benzene rings is 1. The van der Waals surface area contributed by atoms with Crippen LogP contribution in [0.2, 0.25) is 0 Å². The molecule has 114 valence electrons. The van der Waals surface area contributed by atoms with Crippen molar-refractivity contribution in [2.45, 2.75) is 65.2 Å². The fraction of sp³-hybridized carbons (Fsp3) is 0.667. The Morgan fingerprint density at radius 2 is 1.10 bits per heavy atom. The summed E-state index contributed by atoms with van der Waals surface area (Å²) in [5.74, 6) is 0. The molecule has 0 radical (unpaired) electrons. The summed E-state index contributed by atoms with van der Waals surface area (Å²) in [6.07, 6.45) is 10.5. The summed E-state index contributed by atoms with van der Waals surface area (Å²) in [6.45, 7) is 6.67. The van der Waals surface area contributed by atoms with E-state index in [-0.39, 0.29) is 0 Å². The van der Waals surface area contributed by atoms with E-state index in [9.17, 15) is 0 Å². The zero-order valence-corrected chi connectivity index (χ0v) is 13.4. The van der Waals surface area contributed by atoms with E-state index in [4.69, 9.17) is 0 Å². The van der Waals surface area contributed by atoms with E-state index in [1.807, 2.05) is 0 Å². The number of unbranched alkanes of at least 4 members (excludes halogenated alkanes) is 6. The molecule has 2 nitrogen and oxygen atoms in total. The third-order valence-electron chi connectivity index (χ3n) is 3.62. The van der Waals surface area contributed by atoms with Crippen molar-refractivity contribution in [3.63, 3.8) is 0 Å². The van der Waals surface area contributed by atoms with E-state index in [1.54, 1.807) is 0 Å². The maximum Gasteiger partial charge on any atom is 0.0575 e. The number of para-hydroxylation sites is 2. The van der Waals surface area contributed by atoms with E-state index in [1.165, 1.54) is 62.7 Å². The molecule has 0 aliphatic rings. The Hall–Kier alpha value is -1.18. The highest BCUT2D eigenvalue weighted by Crippen LogP contribution is 2.21. The largest absolute Gasteiger partial charge is 0.383 e. The zero-order valence-electron chi connectivity index (χ0n) is 13.4. The molecule has 0 fully saturated rings. The number of hydrogen-bond acceptors (Lipinski definition) is 2. The Morgan fingerprint density at radius 3 is 1.50 bits per heavy atom. The predicted molar refractivity (Wildman–Crippen MR) is 91.7 cm³/mol. The Labute approximate surface area is 125 Å². The third-order valence-corrected chi connectivity index (χ3v) is 3.62. The molecule has 0 spiro atoms. The lowest BCUT2D eigenvalue weighted by Crippen LogP contribution is -2.07. The van der Waals surface area contributed by atoms with E-state index in [0.717, 1.165) is 13.1 Å². The highest BCUT2D eigenvalue weighted by Gasteiger charge is 2.00. The quantitative estimate of drug-likeness (QED) is 0.480. The fourth-order valence-corrected chi connectivity index (χ4v) is 2.34. The van der Waals surface area contributed by atoms with Crippen molar-refractivity contribution in [1.82, 2.24) is 0 Å². The molecule has 0 saturated carbocycles. The first-order valence-electron chi connectivity index (χ1n) is 8.45. The lowest BCUT2D eigenvalue weighted by molar-refractivity contribution is 0.683. The molecule has 1 aromatic carbocycles. The number of rotatable bonds is 12. The summed E-state index contributed by atoms with van der Waals surface area (Å²) in [5, 5.41) is 7.12. The van der Waals surface area contributed by atoms with Crippen molar-refractivity contribution < 1.29 is 0 Å². The normalized spacial score (nSPS) is 10.5. The maximum atomic E-state index is 3.56. The minimum absolute atomic E-state index is 1.08. The van der Waals surface area contributed by atoms with Gasteiger partial charge in [-0.2, -0.15) is 0 Å². The summed E-state index contributed by atoms with van der Waals surface area (Å²) < 4.78 is 0. The molecule has 0 heterocycles. The van der Waals surface area contributed by atoms with Gasteiger partial charge in [-0.1, -0.05) is 64.5 Å². The van der Waals surface area contributed by atoms with Crippen molar-refractivity contribution in [1.29, 1.82) is 0 Å². The second kappa shape index (κ2) is 11.6. The van der Waals surface area contributed by atoms with E-state index >= 15 is 0 Å². The van der Waals surface area contributed by atoms with Gasteiger partial charge in [-0.05, 0) is 25.0 Å².